The van der Waals surface area contributed by atoms with E-state index in [-0.39, 0.29) is 11.5 Å². The molecule has 0 fully saturated rings. The molecular formula is C15H14F2N2O2. The second-order valence-corrected chi connectivity index (χ2v) is 4.44. The van der Waals surface area contributed by atoms with E-state index in [0.29, 0.717) is 11.3 Å². The fraction of sp³-hybridized carbons (Fsp3) is 0.200. The lowest BCUT2D eigenvalue weighted by Gasteiger charge is -2.03. The molecule has 0 aliphatic rings. The molecule has 2 rings (SSSR count). The molecule has 0 unspecified atom stereocenters. The van der Waals surface area contributed by atoms with Crippen molar-refractivity contribution < 1.29 is 18.3 Å². The predicted molar refractivity (Wildman–Crippen MR) is 74.4 cm³/mol. The number of hydrogen-bond acceptors (Lipinski definition) is 3. The number of ether oxygens (including phenoxy) is 1. The zero-order valence-electron chi connectivity index (χ0n) is 11.6. The van der Waals surface area contributed by atoms with Crippen LogP contribution in [0.5, 0.6) is 5.75 Å². The molecule has 110 valence electrons. The molecule has 4 nitrogen and oxygen atoms in total. The van der Waals surface area contributed by atoms with Crippen LogP contribution in [-0.2, 0) is 7.05 Å². The zero-order chi connectivity index (χ0) is 15.4. The van der Waals surface area contributed by atoms with Crippen molar-refractivity contribution in [1.29, 1.82) is 0 Å². The molecule has 21 heavy (non-hydrogen) atoms. The summed E-state index contributed by atoms with van der Waals surface area (Å²) in [6.45, 7) is -1.04. The summed E-state index contributed by atoms with van der Waals surface area (Å²) >= 11 is 0. The van der Waals surface area contributed by atoms with Gasteiger partial charge in [0.1, 0.15) is 11.4 Å². The molecular weight excluding hydrogens is 278 g/mol. The Labute approximate surface area is 120 Å². The van der Waals surface area contributed by atoms with Crippen LogP contribution < -0.4 is 4.74 Å². The number of allylic oxidation sites excluding steroid dienone is 1. The normalized spacial score (nSPS) is 11.3. The monoisotopic (exact) mass is 292 g/mol. The Hall–Kier alpha value is -2.50. The van der Waals surface area contributed by atoms with Crippen LogP contribution in [-0.4, -0.2) is 22.2 Å². The molecule has 0 spiro atoms. The SMILES string of the molecule is Cc1cc(C(=O)C=Cc2ccc(OC(F)F)cc2)n(C)n1. The molecule has 0 saturated carbocycles. The topological polar surface area (TPSA) is 44.1 Å². The van der Waals surface area contributed by atoms with E-state index >= 15 is 0 Å². The Kier molecular flexibility index (Phi) is 4.47. The van der Waals surface area contributed by atoms with Crippen LogP contribution >= 0.6 is 0 Å². The lowest BCUT2D eigenvalue weighted by molar-refractivity contribution is -0.0498. The third-order valence-electron chi connectivity index (χ3n) is 2.79. The third-order valence-corrected chi connectivity index (χ3v) is 2.79. The first-order valence-corrected chi connectivity index (χ1v) is 6.23. The Morgan fingerprint density at radius 1 is 1.33 bits per heavy atom. The van der Waals surface area contributed by atoms with Gasteiger partial charge in [0.2, 0.25) is 5.78 Å². The van der Waals surface area contributed by atoms with Crippen LogP contribution in [0.25, 0.3) is 6.08 Å². The fourth-order valence-electron chi connectivity index (χ4n) is 1.86. The highest BCUT2D eigenvalue weighted by Gasteiger charge is 2.08. The second kappa shape index (κ2) is 6.30. The van der Waals surface area contributed by atoms with Crippen LogP contribution in [0.15, 0.2) is 36.4 Å². The molecule has 6 heteroatoms. The maximum absolute atomic E-state index is 12.0. The summed E-state index contributed by atoms with van der Waals surface area (Å²) in [6.07, 6.45) is 3.02. The van der Waals surface area contributed by atoms with Crippen LogP contribution in [0.1, 0.15) is 21.7 Å². The minimum Gasteiger partial charge on any atom is -0.435 e. The summed E-state index contributed by atoms with van der Waals surface area (Å²) in [5, 5.41) is 4.10. The van der Waals surface area contributed by atoms with E-state index < -0.39 is 6.61 Å². The number of aryl methyl sites for hydroxylation is 2. The van der Waals surface area contributed by atoms with Crippen LogP contribution in [0.4, 0.5) is 8.78 Å². The Morgan fingerprint density at radius 2 is 2.00 bits per heavy atom. The Bertz CT molecular complexity index is 661. The standard InChI is InChI=1S/C15H14F2N2O2/c1-10-9-13(19(2)18-10)14(20)8-5-11-3-6-12(7-4-11)21-15(16)17/h3-9,15H,1-2H3. The lowest BCUT2D eigenvalue weighted by atomic mass is 10.1. The van der Waals surface area contributed by atoms with E-state index in [1.165, 1.54) is 22.9 Å². The molecule has 1 heterocycles. The summed E-state index contributed by atoms with van der Waals surface area (Å²) in [7, 11) is 1.70. The largest absolute Gasteiger partial charge is 0.435 e. The average molecular weight is 292 g/mol. The van der Waals surface area contributed by atoms with Gasteiger partial charge in [0.15, 0.2) is 0 Å². The number of alkyl halides is 2. The number of nitrogens with zero attached hydrogens (tertiary/aromatic N) is 2. The summed E-state index contributed by atoms with van der Waals surface area (Å²) < 4.78 is 29.8. The number of carbonyl (C=O) groups is 1. The number of halogens is 2. The van der Waals surface area contributed by atoms with E-state index in [9.17, 15) is 13.6 Å². The molecule has 1 aromatic carbocycles. The molecule has 0 saturated heterocycles. The van der Waals surface area contributed by atoms with Crippen molar-refractivity contribution in [2.45, 2.75) is 13.5 Å². The van der Waals surface area contributed by atoms with E-state index in [2.05, 4.69) is 9.84 Å². The molecule has 0 radical (unpaired) electrons. The molecule has 0 N–H and O–H groups in total. The lowest BCUT2D eigenvalue weighted by Crippen LogP contribution is -2.03. The van der Waals surface area contributed by atoms with Crippen molar-refractivity contribution in [3.63, 3.8) is 0 Å². The number of rotatable bonds is 5. The quantitative estimate of drug-likeness (QED) is 0.628. The first-order chi connectivity index (χ1) is 9.95. The maximum Gasteiger partial charge on any atom is 0.387 e. The van der Waals surface area contributed by atoms with Crippen molar-refractivity contribution >= 4 is 11.9 Å². The third kappa shape index (κ3) is 3.98. The zero-order valence-corrected chi connectivity index (χ0v) is 11.6. The summed E-state index contributed by atoms with van der Waals surface area (Å²) in [4.78, 5) is 12.0. The van der Waals surface area contributed by atoms with Crippen molar-refractivity contribution in [1.82, 2.24) is 9.78 Å². The first kappa shape index (κ1) is 14.9. The summed E-state index contributed by atoms with van der Waals surface area (Å²) in [6, 6.07) is 7.73. The molecule has 2 aromatic rings. The van der Waals surface area contributed by atoms with Gasteiger partial charge in [0.25, 0.3) is 0 Å². The Balaban J connectivity index is 2.07. The van der Waals surface area contributed by atoms with Gasteiger partial charge in [-0.1, -0.05) is 18.2 Å². The summed E-state index contributed by atoms with van der Waals surface area (Å²) in [5.41, 5.74) is 1.97. The molecule has 0 atom stereocenters. The van der Waals surface area contributed by atoms with Gasteiger partial charge < -0.3 is 4.74 Å². The predicted octanol–water partition coefficient (Wildman–Crippen LogP) is 3.23. The fourth-order valence-corrected chi connectivity index (χ4v) is 1.86. The highest BCUT2D eigenvalue weighted by atomic mass is 19.3. The number of ketones is 1. The molecule has 0 amide bonds. The van der Waals surface area contributed by atoms with E-state index in [1.54, 1.807) is 31.3 Å². The maximum atomic E-state index is 12.0. The van der Waals surface area contributed by atoms with Gasteiger partial charge in [-0.05, 0) is 36.8 Å². The molecule has 0 aliphatic carbocycles. The van der Waals surface area contributed by atoms with Crippen molar-refractivity contribution in [3.8, 4) is 5.75 Å². The summed E-state index contributed by atoms with van der Waals surface area (Å²) in [5.74, 6) is -0.0956. The average Bonchev–Trinajstić information content (AvgIpc) is 2.76. The van der Waals surface area contributed by atoms with Gasteiger partial charge in [0.05, 0.1) is 5.69 Å². The van der Waals surface area contributed by atoms with Gasteiger partial charge in [-0.25, -0.2) is 0 Å². The van der Waals surface area contributed by atoms with Gasteiger partial charge in [-0.3, -0.25) is 9.48 Å². The number of benzene rings is 1. The minimum absolute atomic E-state index is 0.0794. The molecule has 0 aliphatic heterocycles. The van der Waals surface area contributed by atoms with Gasteiger partial charge in [-0.15, -0.1) is 0 Å². The Morgan fingerprint density at radius 3 is 2.52 bits per heavy atom. The molecule has 0 bridgehead atoms. The highest BCUT2D eigenvalue weighted by Crippen LogP contribution is 2.16. The van der Waals surface area contributed by atoms with Crippen molar-refractivity contribution in [3.05, 3.63) is 53.4 Å². The highest BCUT2D eigenvalue weighted by molar-refractivity contribution is 6.05. The van der Waals surface area contributed by atoms with E-state index in [1.807, 2.05) is 6.92 Å². The van der Waals surface area contributed by atoms with E-state index in [0.717, 1.165) is 5.69 Å². The second-order valence-electron chi connectivity index (χ2n) is 4.44. The number of hydrogen-bond donors (Lipinski definition) is 0. The van der Waals surface area contributed by atoms with Crippen LogP contribution in [0.3, 0.4) is 0 Å². The van der Waals surface area contributed by atoms with E-state index in [4.69, 9.17) is 0 Å². The minimum atomic E-state index is -2.85. The smallest absolute Gasteiger partial charge is 0.387 e. The number of aromatic nitrogens is 2. The van der Waals surface area contributed by atoms with Gasteiger partial charge in [0, 0.05) is 7.05 Å². The van der Waals surface area contributed by atoms with Crippen molar-refractivity contribution in [2.75, 3.05) is 0 Å². The number of carbonyl (C=O) groups excluding carboxylic acids is 1. The van der Waals surface area contributed by atoms with Crippen LogP contribution in [0, 0.1) is 6.92 Å². The first-order valence-electron chi connectivity index (χ1n) is 6.23. The molecule has 1 aromatic heterocycles. The van der Waals surface area contributed by atoms with Gasteiger partial charge >= 0.3 is 6.61 Å². The van der Waals surface area contributed by atoms with Crippen LogP contribution in [0.2, 0.25) is 0 Å². The van der Waals surface area contributed by atoms with Crippen molar-refractivity contribution in [2.24, 2.45) is 7.05 Å². The van der Waals surface area contributed by atoms with Gasteiger partial charge in [-0.2, -0.15) is 13.9 Å².